The summed E-state index contributed by atoms with van der Waals surface area (Å²) in [5, 5.41) is 0. The summed E-state index contributed by atoms with van der Waals surface area (Å²) < 4.78 is 0. The molecular formula is C15H20N2O. The second kappa shape index (κ2) is 4.63. The van der Waals surface area contributed by atoms with E-state index in [0.29, 0.717) is 18.4 Å². The van der Waals surface area contributed by atoms with E-state index >= 15 is 0 Å². The number of nitrogen functional groups attached to an aromatic ring is 1. The number of fused-ring (bicyclic) bond motifs is 1. The number of carbonyl (C=O) groups is 1. The molecule has 1 fully saturated rings. The molecule has 1 saturated carbocycles. The molecule has 0 atom stereocenters. The highest BCUT2D eigenvalue weighted by molar-refractivity contribution is 5.77. The number of nitrogens with two attached hydrogens (primary N) is 1. The van der Waals surface area contributed by atoms with Crippen LogP contribution in [0.5, 0.6) is 0 Å². The predicted molar refractivity (Wildman–Crippen MR) is 71.9 cm³/mol. The SMILES string of the molecule is Nc1cccc2c1CN(C(=O)CC1CCC1)CC2. The maximum absolute atomic E-state index is 12.2. The van der Waals surface area contributed by atoms with Crippen LogP contribution in [0.15, 0.2) is 18.2 Å². The molecule has 3 heteroatoms. The van der Waals surface area contributed by atoms with Gasteiger partial charge < -0.3 is 10.6 Å². The van der Waals surface area contributed by atoms with Gasteiger partial charge in [0.1, 0.15) is 0 Å². The van der Waals surface area contributed by atoms with E-state index < -0.39 is 0 Å². The Bertz CT molecular complexity index is 466. The standard InChI is InChI=1S/C15H20N2O/c16-14-6-2-5-12-7-8-17(10-13(12)14)15(18)9-11-3-1-4-11/h2,5-6,11H,1,3-4,7-10,16H2. The van der Waals surface area contributed by atoms with E-state index in [9.17, 15) is 4.79 Å². The van der Waals surface area contributed by atoms with E-state index in [1.807, 2.05) is 17.0 Å². The van der Waals surface area contributed by atoms with E-state index in [1.54, 1.807) is 0 Å². The Balaban J connectivity index is 1.69. The molecule has 0 aromatic heterocycles. The fourth-order valence-corrected chi connectivity index (χ4v) is 2.89. The van der Waals surface area contributed by atoms with E-state index in [2.05, 4.69) is 6.07 Å². The van der Waals surface area contributed by atoms with E-state index in [-0.39, 0.29) is 0 Å². The van der Waals surface area contributed by atoms with Gasteiger partial charge in [-0.25, -0.2) is 0 Å². The van der Waals surface area contributed by atoms with Crippen LogP contribution in [0.25, 0.3) is 0 Å². The third kappa shape index (κ3) is 2.09. The highest BCUT2D eigenvalue weighted by Gasteiger charge is 2.26. The van der Waals surface area contributed by atoms with E-state index in [4.69, 9.17) is 5.73 Å². The minimum absolute atomic E-state index is 0.314. The van der Waals surface area contributed by atoms with Gasteiger partial charge >= 0.3 is 0 Å². The largest absolute Gasteiger partial charge is 0.398 e. The van der Waals surface area contributed by atoms with Crippen LogP contribution in [0.1, 0.15) is 36.8 Å². The fraction of sp³-hybridized carbons (Fsp3) is 0.533. The van der Waals surface area contributed by atoms with Crippen molar-refractivity contribution in [2.24, 2.45) is 5.92 Å². The third-order valence-electron chi connectivity index (χ3n) is 4.35. The number of carbonyl (C=O) groups excluding carboxylic acids is 1. The van der Waals surface area contributed by atoms with Gasteiger partial charge in [-0.15, -0.1) is 0 Å². The molecule has 1 amide bonds. The van der Waals surface area contributed by atoms with Gasteiger partial charge in [0, 0.05) is 25.2 Å². The molecule has 1 aromatic rings. The number of hydrogen-bond donors (Lipinski definition) is 1. The lowest BCUT2D eigenvalue weighted by molar-refractivity contribution is -0.133. The van der Waals surface area contributed by atoms with Gasteiger partial charge in [0.25, 0.3) is 0 Å². The van der Waals surface area contributed by atoms with Crippen molar-refractivity contribution in [3.63, 3.8) is 0 Å². The summed E-state index contributed by atoms with van der Waals surface area (Å²) in [6.07, 6.45) is 5.45. The van der Waals surface area contributed by atoms with Crippen molar-refractivity contribution in [2.45, 2.75) is 38.6 Å². The van der Waals surface area contributed by atoms with Crippen molar-refractivity contribution in [1.29, 1.82) is 0 Å². The third-order valence-corrected chi connectivity index (χ3v) is 4.35. The van der Waals surface area contributed by atoms with Gasteiger partial charge in [-0.2, -0.15) is 0 Å². The van der Waals surface area contributed by atoms with Gasteiger partial charge in [0.2, 0.25) is 5.91 Å². The van der Waals surface area contributed by atoms with E-state index in [0.717, 1.165) is 30.6 Å². The van der Waals surface area contributed by atoms with Gasteiger partial charge in [0.15, 0.2) is 0 Å². The lowest BCUT2D eigenvalue weighted by atomic mass is 9.82. The minimum atomic E-state index is 0.314. The van der Waals surface area contributed by atoms with Gasteiger partial charge in [-0.05, 0) is 42.4 Å². The molecule has 2 N–H and O–H groups in total. The molecule has 1 aliphatic carbocycles. The summed E-state index contributed by atoms with van der Waals surface area (Å²) in [7, 11) is 0. The number of hydrogen-bond acceptors (Lipinski definition) is 2. The Labute approximate surface area is 108 Å². The summed E-state index contributed by atoms with van der Waals surface area (Å²) in [4.78, 5) is 14.2. The number of benzene rings is 1. The number of rotatable bonds is 2. The maximum Gasteiger partial charge on any atom is 0.223 e. The van der Waals surface area contributed by atoms with Crippen LogP contribution >= 0.6 is 0 Å². The molecule has 0 spiro atoms. The highest BCUT2D eigenvalue weighted by atomic mass is 16.2. The van der Waals surface area contributed by atoms with Crippen molar-refractivity contribution in [3.8, 4) is 0 Å². The lowest BCUT2D eigenvalue weighted by Crippen LogP contribution is -2.37. The minimum Gasteiger partial charge on any atom is -0.398 e. The average Bonchev–Trinajstić information content (AvgIpc) is 2.34. The first-order valence-electron chi connectivity index (χ1n) is 6.88. The Morgan fingerprint density at radius 1 is 1.39 bits per heavy atom. The average molecular weight is 244 g/mol. The summed E-state index contributed by atoms with van der Waals surface area (Å²) in [5.74, 6) is 0.959. The zero-order chi connectivity index (χ0) is 12.5. The molecule has 0 saturated heterocycles. The molecule has 0 bridgehead atoms. The molecule has 3 nitrogen and oxygen atoms in total. The molecule has 96 valence electrons. The number of anilines is 1. The first-order chi connectivity index (χ1) is 8.74. The van der Waals surface area contributed by atoms with E-state index in [1.165, 1.54) is 24.8 Å². The fourth-order valence-electron chi connectivity index (χ4n) is 2.89. The first kappa shape index (κ1) is 11.6. The van der Waals surface area contributed by atoms with Crippen molar-refractivity contribution in [3.05, 3.63) is 29.3 Å². The Morgan fingerprint density at radius 3 is 2.94 bits per heavy atom. The van der Waals surface area contributed by atoms with Crippen LogP contribution in [-0.4, -0.2) is 17.4 Å². The maximum atomic E-state index is 12.2. The Morgan fingerprint density at radius 2 is 2.22 bits per heavy atom. The molecule has 1 heterocycles. The van der Waals surface area contributed by atoms with Crippen molar-refractivity contribution < 1.29 is 4.79 Å². The zero-order valence-corrected chi connectivity index (χ0v) is 10.7. The summed E-state index contributed by atoms with van der Waals surface area (Å²) in [6, 6.07) is 6.05. The van der Waals surface area contributed by atoms with Gasteiger partial charge in [-0.1, -0.05) is 18.6 Å². The second-order valence-electron chi connectivity index (χ2n) is 5.55. The van der Waals surface area contributed by atoms with Crippen LogP contribution in [-0.2, 0) is 17.8 Å². The Kier molecular flexibility index (Phi) is 2.98. The Hall–Kier alpha value is -1.51. The number of amides is 1. The van der Waals surface area contributed by atoms with Crippen molar-refractivity contribution in [2.75, 3.05) is 12.3 Å². The molecular weight excluding hydrogens is 224 g/mol. The van der Waals surface area contributed by atoms with Crippen LogP contribution < -0.4 is 5.73 Å². The molecule has 0 radical (unpaired) electrons. The lowest BCUT2D eigenvalue weighted by Gasteiger charge is -2.32. The highest BCUT2D eigenvalue weighted by Crippen LogP contribution is 2.31. The van der Waals surface area contributed by atoms with Crippen LogP contribution in [0.3, 0.4) is 0 Å². The number of nitrogens with zero attached hydrogens (tertiary/aromatic N) is 1. The van der Waals surface area contributed by atoms with Crippen LogP contribution in [0, 0.1) is 5.92 Å². The second-order valence-corrected chi connectivity index (χ2v) is 5.55. The first-order valence-corrected chi connectivity index (χ1v) is 6.88. The monoisotopic (exact) mass is 244 g/mol. The quantitative estimate of drug-likeness (QED) is 0.812. The smallest absolute Gasteiger partial charge is 0.223 e. The topological polar surface area (TPSA) is 46.3 Å². The van der Waals surface area contributed by atoms with Crippen LogP contribution in [0.4, 0.5) is 5.69 Å². The molecule has 1 aliphatic heterocycles. The molecule has 1 aromatic carbocycles. The zero-order valence-electron chi connectivity index (χ0n) is 10.7. The van der Waals surface area contributed by atoms with Crippen molar-refractivity contribution in [1.82, 2.24) is 4.90 Å². The van der Waals surface area contributed by atoms with Crippen molar-refractivity contribution >= 4 is 11.6 Å². The van der Waals surface area contributed by atoms with Crippen LogP contribution in [0.2, 0.25) is 0 Å². The molecule has 2 aliphatic rings. The molecule has 3 rings (SSSR count). The van der Waals surface area contributed by atoms with Gasteiger partial charge in [0.05, 0.1) is 0 Å². The normalized spacial score (nSPS) is 19.2. The summed E-state index contributed by atoms with van der Waals surface area (Å²) >= 11 is 0. The summed E-state index contributed by atoms with van der Waals surface area (Å²) in [6.45, 7) is 1.55. The summed E-state index contributed by atoms with van der Waals surface area (Å²) in [5.41, 5.74) is 9.30. The molecule has 0 unspecified atom stereocenters. The molecule has 18 heavy (non-hydrogen) atoms. The van der Waals surface area contributed by atoms with Gasteiger partial charge in [-0.3, -0.25) is 4.79 Å². The predicted octanol–water partition coefficient (Wildman–Crippen LogP) is 2.34.